The van der Waals surface area contributed by atoms with Crippen LogP contribution < -0.4 is 10.0 Å². The van der Waals surface area contributed by atoms with Gasteiger partial charge >= 0.3 is 0 Å². The molecule has 1 aliphatic carbocycles. The average Bonchev–Trinajstić information content (AvgIpc) is 3.19. The Morgan fingerprint density at radius 1 is 1.15 bits per heavy atom. The Hall–Kier alpha value is -2.66. The molecule has 3 N–H and O–H groups in total. The highest BCUT2D eigenvalue weighted by molar-refractivity contribution is 7.88. The average molecular weight is 561 g/mol. The Morgan fingerprint density at radius 3 is 2.49 bits per heavy atom. The first-order valence-electron chi connectivity index (χ1n) is 13.1. The smallest absolute Gasteiger partial charge is 0.209 e. The summed E-state index contributed by atoms with van der Waals surface area (Å²) in [5.41, 5.74) is 4.09. The highest BCUT2D eigenvalue weighted by atomic mass is 32.2. The number of fused-ring (bicyclic) bond motifs is 1. The molecule has 39 heavy (non-hydrogen) atoms. The number of rotatable bonds is 9. The second-order valence-electron chi connectivity index (χ2n) is 11.8. The van der Waals surface area contributed by atoms with E-state index in [1.807, 2.05) is 24.0 Å². The third-order valence-electron chi connectivity index (χ3n) is 7.41. The zero-order valence-corrected chi connectivity index (χ0v) is 23.9. The molecule has 0 saturated carbocycles. The molecular formula is C29H38F2N4O3S. The zero-order valence-electron chi connectivity index (χ0n) is 23.1. The van der Waals surface area contributed by atoms with E-state index in [-0.39, 0.29) is 23.9 Å². The maximum absolute atomic E-state index is 13.8. The van der Waals surface area contributed by atoms with E-state index in [0.717, 1.165) is 54.1 Å². The molecule has 1 aromatic heterocycles. The summed E-state index contributed by atoms with van der Waals surface area (Å²) < 4.78 is 56.2. The zero-order chi connectivity index (χ0) is 28.6. The monoisotopic (exact) mass is 560 g/mol. The molecule has 0 saturated heterocycles. The fourth-order valence-corrected chi connectivity index (χ4v) is 6.22. The molecule has 2 aromatic carbocycles. The van der Waals surface area contributed by atoms with Gasteiger partial charge in [0, 0.05) is 31.4 Å². The van der Waals surface area contributed by atoms with Crippen LogP contribution >= 0.6 is 0 Å². The highest BCUT2D eigenvalue weighted by Crippen LogP contribution is 2.38. The summed E-state index contributed by atoms with van der Waals surface area (Å²) in [6.07, 6.45) is 3.88. The van der Waals surface area contributed by atoms with Crippen LogP contribution in [0.15, 0.2) is 48.7 Å². The maximum atomic E-state index is 13.8. The highest BCUT2D eigenvalue weighted by Gasteiger charge is 2.38. The number of aromatic nitrogens is 2. The molecule has 10 heteroatoms. The van der Waals surface area contributed by atoms with E-state index in [0.29, 0.717) is 6.42 Å². The second-order valence-corrected chi connectivity index (χ2v) is 13.6. The van der Waals surface area contributed by atoms with Crippen molar-refractivity contribution in [3.05, 3.63) is 88.2 Å². The van der Waals surface area contributed by atoms with Gasteiger partial charge in [-0.15, -0.1) is 0 Å². The first-order valence-corrected chi connectivity index (χ1v) is 15.0. The molecule has 3 aromatic rings. The molecule has 0 fully saturated rings. The quantitative estimate of drug-likeness (QED) is 0.373. The summed E-state index contributed by atoms with van der Waals surface area (Å²) in [5, 5.41) is 19.4. The topological polar surface area (TPSA) is 96.2 Å². The summed E-state index contributed by atoms with van der Waals surface area (Å²) >= 11 is 0. The lowest BCUT2D eigenvalue weighted by Gasteiger charge is -2.40. The molecule has 0 radical (unpaired) electrons. The van der Waals surface area contributed by atoms with Crippen molar-refractivity contribution in [1.29, 1.82) is 0 Å². The number of aryl methyl sites for hydroxylation is 2. The van der Waals surface area contributed by atoms with Crippen LogP contribution in [0, 0.1) is 11.6 Å². The van der Waals surface area contributed by atoms with Crippen LogP contribution in [-0.2, 0) is 47.3 Å². The molecule has 4 rings (SSSR count). The Morgan fingerprint density at radius 2 is 1.85 bits per heavy atom. The van der Waals surface area contributed by atoms with E-state index in [1.165, 1.54) is 5.56 Å². The van der Waals surface area contributed by atoms with Crippen LogP contribution in [0.2, 0.25) is 0 Å². The molecule has 0 bridgehead atoms. The lowest BCUT2D eigenvalue weighted by molar-refractivity contribution is 0.117. The van der Waals surface area contributed by atoms with Gasteiger partial charge in [0.15, 0.2) is 0 Å². The largest absolute Gasteiger partial charge is 0.390 e. The number of halogens is 2. The summed E-state index contributed by atoms with van der Waals surface area (Å²) in [6, 6.07) is 10.5. The molecule has 1 aliphatic rings. The van der Waals surface area contributed by atoms with Crippen molar-refractivity contribution < 1.29 is 22.3 Å². The number of hydrogen-bond donors (Lipinski definition) is 3. The molecular weight excluding hydrogens is 522 g/mol. The van der Waals surface area contributed by atoms with E-state index in [2.05, 4.69) is 54.1 Å². The van der Waals surface area contributed by atoms with Crippen molar-refractivity contribution in [1.82, 2.24) is 19.8 Å². The van der Waals surface area contributed by atoms with Gasteiger partial charge in [-0.3, -0.25) is 4.68 Å². The molecule has 0 spiro atoms. The number of nitrogens with one attached hydrogen (secondary N) is 2. The molecule has 3 unspecified atom stereocenters. The van der Waals surface area contributed by atoms with Gasteiger partial charge < -0.3 is 10.4 Å². The minimum Gasteiger partial charge on any atom is -0.390 e. The molecule has 3 atom stereocenters. The summed E-state index contributed by atoms with van der Waals surface area (Å²) in [5.74, 6) is -1.52. The van der Waals surface area contributed by atoms with Crippen molar-refractivity contribution in [3.8, 4) is 0 Å². The fourth-order valence-electron chi connectivity index (χ4n) is 5.43. The summed E-state index contributed by atoms with van der Waals surface area (Å²) in [4.78, 5) is 0. The SMILES string of the molecule is Cn1cc2c(n1)CCC(NCC(O)C(Cc1cc(F)cc(F)c1)NS(C)(=O)=O)(c1cccc(C(C)(C)C)c1)C2. The third-order valence-corrected chi connectivity index (χ3v) is 8.14. The lowest BCUT2D eigenvalue weighted by Crippen LogP contribution is -2.54. The van der Waals surface area contributed by atoms with Gasteiger partial charge in [0.2, 0.25) is 10.0 Å². The third kappa shape index (κ3) is 7.30. The van der Waals surface area contributed by atoms with Crippen LogP contribution in [0.25, 0.3) is 0 Å². The van der Waals surface area contributed by atoms with Crippen LogP contribution in [0.4, 0.5) is 8.78 Å². The molecule has 0 amide bonds. The van der Waals surface area contributed by atoms with Gasteiger partial charge in [-0.25, -0.2) is 21.9 Å². The van der Waals surface area contributed by atoms with Gasteiger partial charge in [-0.1, -0.05) is 45.0 Å². The predicted molar refractivity (Wildman–Crippen MR) is 148 cm³/mol. The summed E-state index contributed by atoms with van der Waals surface area (Å²) in [6.45, 7) is 6.53. The van der Waals surface area contributed by atoms with Crippen molar-refractivity contribution in [2.75, 3.05) is 12.8 Å². The van der Waals surface area contributed by atoms with Crippen LogP contribution in [0.3, 0.4) is 0 Å². The molecule has 1 heterocycles. The lowest BCUT2D eigenvalue weighted by atomic mass is 9.74. The molecule has 7 nitrogen and oxygen atoms in total. The van der Waals surface area contributed by atoms with E-state index in [4.69, 9.17) is 0 Å². The van der Waals surface area contributed by atoms with Crippen molar-refractivity contribution in [3.63, 3.8) is 0 Å². The number of aliphatic hydroxyl groups is 1. The second kappa shape index (κ2) is 11.1. The Balaban J connectivity index is 1.64. The number of hydrogen-bond acceptors (Lipinski definition) is 5. The van der Waals surface area contributed by atoms with Gasteiger partial charge in [-0.2, -0.15) is 5.10 Å². The van der Waals surface area contributed by atoms with Gasteiger partial charge in [0.25, 0.3) is 0 Å². The number of sulfonamides is 1. The van der Waals surface area contributed by atoms with E-state index < -0.39 is 39.3 Å². The van der Waals surface area contributed by atoms with Crippen LogP contribution in [-0.4, -0.2) is 48.3 Å². The number of nitrogens with zero attached hydrogens (tertiary/aromatic N) is 2. The first kappa shape index (κ1) is 29.3. The normalized spacial score (nSPS) is 19.5. The predicted octanol–water partition coefficient (Wildman–Crippen LogP) is 3.49. The molecule has 212 valence electrons. The first-order chi connectivity index (χ1) is 18.1. The standard InChI is InChI=1S/C29H38F2N4O3S/c1-28(2,3)21-7-6-8-22(14-21)29(10-9-25-20(16-29)18-35(4)33-25)32-17-27(36)26(34-39(5,37)38)13-19-11-23(30)15-24(31)12-19/h6-8,11-12,14-15,18,26-27,32,34,36H,9-10,13,16-17H2,1-5H3. The van der Waals surface area contributed by atoms with Crippen LogP contribution in [0.5, 0.6) is 0 Å². The Bertz CT molecular complexity index is 1410. The fraction of sp³-hybridized carbons (Fsp3) is 0.483. The van der Waals surface area contributed by atoms with E-state index in [9.17, 15) is 22.3 Å². The van der Waals surface area contributed by atoms with Gasteiger partial charge in [0.1, 0.15) is 11.6 Å². The van der Waals surface area contributed by atoms with Gasteiger partial charge in [-0.05, 0) is 65.5 Å². The maximum Gasteiger partial charge on any atom is 0.209 e. The van der Waals surface area contributed by atoms with E-state index in [1.54, 1.807) is 0 Å². The number of aliphatic hydroxyl groups excluding tert-OH is 1. The van der Waals surface area contributed by atoms with Gasteiger partial charge in [0.05, 0.1) is 24.1 Å². The van der Waals surface area contributed by atoms with Crippen molar-refractivity contribution in [2.45, 2.75) is 69.6 Å². The van der Waals surface area contributed by atoms with Crippen molar-refractivity contribution >= 4 is 10.0 Å². The minimum absolute atomic E-state index is 0.0559. The Labute approximate surface area is 229 Å². The Kier molecular flexibility index (Phi) is 8.33. The molecule has 0 aliphatic heterocycles. The van der Waals surface area contributed by atoms with E-state index >= 15 is 0 Å². The minimum atomic E-state index is -3.71. The van der Waals surface area contributed by atoms with Crippen molar-refractivity contribution in [2.24, 2.45) is 7.05 Å². The van der Waals surface area contributed by atoms with Crippen LogP contribution in [0.1, 0.15) is 55.1 Å². The number of benzene rings is 2. The summed E-state index contributed by atoms with van der Waals surface area (Å²) in [7, 11) is -1.82.